The summed E-state index contributed by atoms with van der Waals surface area (Å²) in [6.07, 6.45) is 4.45. The van der Waals surface area contributed by atoms with Crippen LogP contribution in [0.2, 0.25) is 0 Å². The Labute approximate surface area is 105 Å². The maximum atomic E-state index is 5.58. The molecule has 0 unspecified atom stereocenters. The van der Waals surface area contributed by atoms with Crippen LogP contribution < -0.4 is 5.73 Å². The van der Waals surface area contributed by atoms with E-state index in [-0.39, 0.29) is 0 Å². The van der Waals surface area contributed by atoms with Crippen molar-refractivity contribution in [3.8, 4) is 5.82 Å². The largest absolute Gasteiger partial charge is 0.330 e. The molecule has 3 aromatic rings. The molecule has 0 fully saturated rings. The first kappa shape index (κ1) is 10.9. The average Bonchev–Trinajstić information content (AvgIpc) is 2.87. The molecule has 1 aromatic carbocycles. The summed E-state index contributed by atoms with van der Waals surface area (Å²) >= 11 is 0. The third kappa shape index (κ3) is 1.87. The molecule has 2 N–H and O–H groups in total. The molecule has 0 aliphatic carbocycles. The zero-order chi connectivity index (χ0) is 12.4. The van der Waals surface area contributed by atoms with Crippen molar-refractivity contribution in [3.63, 3.8) is 0 Å². The van der Waals surface area contributed by atoms with Gasteiger partial charge in [0.15, 0.2) is 0 Å². The van der Waals surface area contributed by atoms with Gasteiger partial charge in [-0.25, -0.2) is 9.97 Å². The monoisotopic (exact) mass is 238 g/mol. The lowest BCUT2D eigenvalue weighted by Crippen LogP contribution is -2.09. The second-order valence-electron chi connectivity index (χ2n) is 4.11. The van der Waals surface area contributed by atoms with Crippen LogP contribution in [0.1, 0.15) is 5.82 Å². The summed E-state index contributed by atoms with van der Waals surface area (Å²) in [6, 6.07) is 12.2. The highest BCUT2D eigenvalue weighted by molar-refractivity contribution is 5.79. The molecule has 0 bridgehead atoms. The molecule has 0 radical (unpaired) electrons. The number of aromatic nitrogens is 3. The van der Waals surface area contributed by atoms with Gasteiger partial charge in [0.1, 0.15) is 11.6 Å². The van der Waals surface area contributed by atoms with Crippen molar-refractivity contribution in [1.29, 1.82) is 0 Å². The van der Waals surface area contributed by atoms with Gasteiger partial charge in [0.25, 0.3) is 0 Å². The van der Waals surface area contributed by atoms with Crippen molar-refractivity contribution < 1.29 is 0 Å². The molecule has 4 heteroatoms. The van der Waals surface area contributed by atoms with Crippen LogP contribution in [0.4, 0.5) is 0 Å². The predicted octanol–water partition coefficient (Wildman–Crippen LogP) is 1.92. The third-order valence-corrected chi connectivity index (χ3v) is 2.92. The normalized spacial score (nSPS) is 10.9. The van der Waals surface area contributed by atoms with E-state index >= 15 is 0 Å². The number of pyridine rings is 1. The number of nitrogens with two attached hydrogens (primary N) is 1. The summed E-state index contributed by atoms with van der Waals surface area (Å²) in [5.74, 6) is 1.83. The fourth-order valence-electron chi connectivity index (χ4n) is 2.05. The number of benzene rings is 1. The molecular formula is C14H14N4. The van der Waals surface area contributed by atoms with E-state index in [1.54, 1.807) is 6.20 Å². The minimum Gasteiger partial charge on any atom is -0.330 e. The van der Waals surface area contributed by atoms with Crippen LogP contribution in [0.15, 0.2) is 48.8 Å². The van der Waals surface area contributed by atoms with E-state index in [1.165, 1.54) is 0 Å². The number of nitrogens with zero attached hydrogens (tertiary/aromatic N) is 3. The quantitative estimate of drug-likeness (QED) is 0.758. The van der Waals surface area contributed by atoms with Gasteiger partial charge >= 0.3 is 0 Å². The molecule has 0 saturated carbocycles. The van der Waals surface area contributed by atoms with Gasteiger partial charge in [-0.15, -0.1) is 0 Å². The van der Waals surface area contributed by atoms with Crippen LogP contribution in [-0.4, -0.2) is 21.1 Å². The Morgan fingerprint density at radius 1 is 1.11 bits per heavy atom. The van der Waals surface area contributed by atoms with Crippen molar-refractivity contribution in [1.82, 2.24) is 14.5 Å². The van der Waals surface area contributed by atoms with E-state index in [1.807, 2.05) is 35.0 Å². The number of hydrogen-bond donors (Lipinski definition) is 1. The van der Waals surface area contributed by atoms with Crippen molar-refractivity contribution in [2.45, 2.75) is 6.42 Å². The van der Waals surface area contributed by atoms with E-state index in [0.29, 0.717) is 6.54 Å². The Bertz CT molecular complexity index is 672. The van der Waals surface area contributed by atoms with Crippen molar-refractivity contribution in [2.75, 3.05) is 6.54 Å². The maximum absolute atomic E-state index is 5.58. The molecule has 2 heterocycles. The van der Waals surface area contributed by atoms with Crippen LogP contribution in [0.25, 0.3) is 16.7 Å². The summed E-state index contributed by atoms with van der Waals surface area (Å²) in [5, 5.41) is 1.14. The SMILES string of the molecule is NCCc1nccn1-c1ccc2ccccc2n1. The molecule has 0 saturated heterocycles. The molecule has 4 nitrogen and oxygen atoms in total. The van der Waals surface area contributed by atoms with Crippen LogP contribution in [0, 0.1) is 0 Å². The first-order chi connectivity index (χ1) is 8.88. The number of hydrogen-bond acceptors (Lipinski definition) is 3. The van der Waals surface area contributed by atoms with Crippen molar-refractivity contribution in [3.05, 3.63) is 54.6 Å². The molecule has 0 aliphatic rings. The molecule has 0 amide bonds. The van der Waals surface area contributed by atoms with Crippen LogP contribution in [0.5, 0.6) is 0 Å². The fourth-order valence-corrected chi connectivity index (χ4v) is 2.05. The standard InChI is InChI=1S/C14H14N4/c15-8-7-13-16-9-10-18(13)14-6-5-11-3-1-2-4-12(11)17-14/h1-6,9-10H,7-8,15H2. The Morgan fingerprint density at radius 3 is 2.89 bits per heavy atom. The zero-order valence-corrected chi connectivity index (χ0v) is 9.95. The van der Waals surface area contributed by atoms with Gasteiger partial charge in [-0.1, -0.05) is 18.2 Å². The Morgan fingerprint density at radius 2 is 2.00 bits per heavy atom. The number of imidazole rings is 1. The summed E-state index contributed by atoms with van der Waals surface area (Å²) in [5.41, 5.74) is 6.57. The van der Waals surface area contributed by atoms with Gasteiger partial charge < -0.3 is 5.73 Å². The first-order valence-electron chi connectivity index (χ1n) is 5.97. The molecule has 0 spiro atoms. The number of fused-ring (bicyclic) bond motifs is 1. The van der Waals surface area contributed by atoms with Crippen LogP contribution >= 0.6 is 0 Å². The predicted molar refractivity (Wildman–Crippen MR) is 71.6 cm³/mol. The van der Waals surface area contributed by atoms with E-state index in [0.717, 1.165) is 29.0 Å². The van der Waals surface area contributed by atoms with Crippen LogP contribution in [-0.2, 0) is 6.42 Å². The van der Waals surface area contributed by atoms with Gasteiger partial charge in [0.2, 0.25) is 0 Å². The van der Waals surface area contributed by atoms with E-state index in [2.05, 4.69) is 22.1 Å². The molecule has 90 valence electrons. The topological polar surface area (TPSA) is 56.7 Å². The second kappa shape index (κ2) is 4.58. The Kier molecular flexibility index (Phi) is 2.78. The summed E-state index contributed by atoms with van der Waals surface area (Å²) in [7, 11) is 0. The zero-order valence-electron chi connectivity index (χ0n) is 9.95. The summed E-state index contributed by atoms with van der Waals surface area (Å²) < 4.78 is 1.99. The molecule has 2 aromatic heterocycles. The molecule has 0 atom stereocenters. The maximum Gasteiger partial charge on any atom is 0.138 e. The minimum absolute atomic E-state index is 0.588. The van der Waals surface area contributed by atoms with E-state index in [4.69, 9.17) is 5.73 Å². The highest BCUT2D eigenvalue weighted by atomic mass is 15.1. The van der Waals surface area contributed by atoms with E-state index in [9.17, 15) is 0 Å². The van der Waals surface area contributed by atoms with Crippen molar-refractivity contribution >= 4 is 10.9 Å². The smallest absolute Gasteiger partial charge is 0.138 e. The lowest BCUT2D eigenvalue weighted by molar-refractivity contribution is 0.826. The molecule has 18 heavy (non-hydrogen) atoms. The summed E-state index contributed by atoms with van der Waals surface area (Å²) in [4.78, 5) is 8.95. The van der Waals surface area contributed by atoms with Crippen LogP contribution in [0.3, 0.4) is 0 Å². The van der Waals surface area contributed by atoms with Crippen molar-refractivity contribution in [2.24, 2.45) is 5.73 Å². The molecule has 3 rings (SSSR count). The molecular weight excluding hydrogens is 224 g/mol. The lowest BCUT2D eigenvalue weighted by atomic mass is 10.2. The number of para-hydroxylation sites is 1. The fraction of sp³-hybridized carbons (Fsp3) is 0.143. The molecule has 0 aliphatic heterocycles. The Hall–Kier alpha value is -2.20. The number of rotatable bonds is 3. The first-order valence-corrected chi connectivity index (χ1v) is 5.97. The lowest BCUT2D eigenvalue weighted by Gasteiger charge is -2.07. The highest BCUT2D eigenvalue weighted by Gasteiger charge is 2.05. The highest BCUT2D eigenvalue weighted by Crippen LogP contribution is 2.15. The van der Waals surface area contributed by atoms with Gasteiger partial charge in [0.05, 0.1) is 5.52 Å². The summed E-state index contributed by atoms with van der Waals surface area (Å²) in [6.45, 7) is 0.588. The van der Waals surface area contributed by atoms with Gasteiger partial charge in [-0.3, -0.25) is 4.57 Å². The van der Waals surface area contributed by atoms with Gasteiger partial charge in [0, 0.05) is 24.2 Å². The average molecular weight is 238 g/mol. The minimum atomic E-state index is 0.588. The van der Waals surface area contributed by atoms with E-state index < -0.39 is 0 Å². The third-order valence-electron chi connectivity index (χ3n) is 2.92. The van der Waals surface area contributed by atoms with Gasteiger partial charge in [-0.2, -0.15) is 0 Å². The Balaban J connectivity index is 2.10. The second-order valence-corrected chi connectivity index (χ2v) is 4.11. The van der Waals surface area contributed by atoms with Gasteiger partial charge in [-0.05, 0) is 24.7 Å².